The molecule has 0 aliphatic rings. The Labute approximate surface area is 204 Å². The minimum Gasteiger partial charge on any atom is -0.747 e. The van der Waals surface area contributed by atoms with Gasteiger partial charge in [-0.15, -0.1) is 0 Å². The van der Waals surface area contributed by atoms with E-state index in [9.17, 15) is 22.6 Å². The molecule has 0 heterocycles. The third-order valence-electron chi connectivity index (χ3n) is 4.61. The van der Waals surface area contributed by atoms with Crippen molar-refractivity contribution < 1.29 is 54.4 Å². The molecule has 0 N–H and O–H groups in total. The fourth-order valence-corrected chi connectivity index (χ4v) is 4.28. The first-order chi connectivity index (χ1) is 13.4. The van der Waals surface area contributed by atoms with E-state index in [0.29, 0.717) is 18.8 Å². The van der Waals surface area contributed by atoms with Crippen molar-refractivity contribution >= 4 is 22.1 Å². The van der Waals surface area contributed by atoms with Gasteiger partial charge in [-0.05, 0) is 48.3 Å². The minimum absolute atomic E-state index is 0. The summed E-state index contributed by atoms with van der Waals surface area (Å²) in [5.74, 6) is -1.50. The first-order valence-electron chi connectivity index (χ1n) is 10.7. The minimum atomic E-state index is -5.03. The number of ether oxygens (including phenoxy) is 2. The number of esters is 2. The smallest absolute Gasteiger partial charge is 0.747 e. The second-order valence-corrected chi connectivity index (χ2v) is 12.4. The Kier molecular flexibility index (Phi) is 14.8. The maximum absolute atomic E-state index is 12.1. The third kappa shape index (κ3) is 17.8. The molecule has 0 saturated heterocycles. The van der Waals surface area contributed by atoms with Gasteiger partial charge < -0.3 is 14.0 Å². The zero-order chi connectivity index (χ0) is 23.8. The Morgan fingerprint density at radius 2 is 1.23 bits per heavy atom. The van der Waals surface area contributed by atoms with Crippen molar-refractivity contribution in [2.24, 2.45) is 22.7 Å². The van der Waals surface area contributed by atoms with E-state index >= 15 is 0 Å². The Morgan fingerprint density at radius 3 is 1.58 bits per heavy atom. The van der Waals surface area contributed by atoms with Crippen LogP contribution in [0.25, 0.3) is 0 Å². The molecule has 0 fully saturated rings. The summed E-state index contributed by atoms with van der Waals surface area (Å²) >= 11 is 0. The number of rotatable bonds is 12. The van der Waals surface area contributed by atoms with Crippen LogP contribution in [-0.4, -0.2) is 43.4 Å². The average molecular weight is 557 g/mol. The van der Waals surface area contributed by atoms with E-state index in [0.717, 1.165) is 12.8 Å². The van der Waals surface area contributed by atoms with Crippen molar-refractivity contribution in [1.82, 2.24) is 0 Å². The van der Waals surface area contributed by atoms with E-state index in [2.05, 4.69) is 41.5 Å². The van der Waals surface area contributed by atoms with E-state index in [-0.39, 0.29) is 52.3 Å². The summed E-state index contributed by atoms with van der Waals surface area (Å²) < 4.78 is 44.4. The summed E-state index contributed by atoms with van der Waals surface area (Å²) in [5, 5.41) is -2.07. The van der Waals surface area contributed by atoms with Crippen LogP contribution in [0.4, 0.5) is 0 Å². The van der Waals surface area contributed by atoms with Gasteiger partial charge in [-0.1, -0.05) is 55.4 Å². The van der Waals surface area contributed by atoms with Crippen LogP contribution in [0.2, 0.25) is 0 Å². The first-order valence-corrected chi connectivity index (χ1v) is 12.1. The van der Waals surface area contributed by atoms with Gasteiger partial charge in [0.25, 0.3) is 0 Å². The second kappa shape index (κ2) is 14.0. The Balaban J connectivity index is 0. The summed E-state index contributed by atoms with van der Waals surface area (Å²) in [4.78, 5) is 24.1. The molecule has 0 spiro atoms. The molecule has 31 heavy (non-hydrogen) atoms. The van der Waals surface area contributed by atoms with Crippen LogP contribution in [0, 0.1) is 22.7 Å². The third-order valence-corrected chi connectivity index (χ3v) is 5.67. The van der Waals surface area contributed by atoms with Crippen molar-refractivity contribution in [2.45, 2.75) is 92.7 Å². The summed E-state index contributed by atoms with van der Waals surface area (Å²) in [6.07, 6.45) is 2.20. The Bertz CT molecular complexity index is 648. The zero-order valence-corrected chi connectivity index (χ0v) is 22.5. The molecule has 0 aliphatic carbocycles. The molecule has 0 bridgehead atoms. The first kappa shape index (κ1) is 32.8. The van der Waals surface area contributed by atoms with Crippen LogP contribution in [0.5, 0.6) is 0 Å². The van der Waals surface area contributed by atoms with E-state index in [4.69, 9.17) is 9.47 Å². The normalized spacial score (nSPS) is 15.4. The topological polar surface area (TPSA) is 110 Å². The molecule has 0 aromatic heterocycles. The largest absolute Gasteiger partial charge is 1.00 e. The molecular weight excluding hydrogens is 516 g/mol. The van der Waals surface area contributed by atoms with Gasteiger partial charge in [-0.2, -0.15) is 0 Å². The van der Waals surface area contributed by atoms with Crippen LogP contribution in [0.15, 0.2) is 0 Å². The van der Waals surface area contributed by atoms with Gasteiger partial charge in [-0.25, -0.2) is 8.42 Å². The number of carbonyl (C=O) groups excluding carboxylic acids is 2. The van der Waals surface area contributed by atoms with Crippen molar-refractivity contribution in [3.05, 3.63) is 0 Å². The molecule has 7 nitrogen and oxygen atoms in total. The van der Waals surface area contributed by atoms with Crippen LogP contribution >= 0.6 is 0 Å². The summed E-state index contributed by atoms with van der Waals surface area (Å²) in [7, 11) is -5.03. The molecule has 0 aromatic carbocycles. The van der Waals surface area contributed by atoms with E-state index in [1.165, 1.54) is 0 Å². The summed E-state index contributed by atoms with van der Waals surface area (Å²) in [5.41, 5.74) is 0.276. The molecule has 3 unspecified atom stereocenters. The van der Waals surface area contributed by atoms with Crippen molar-refractivity contribution in [2.75, 3.05) is 13.2 Å². The number of hydrogen-bond acceptors (Lipinski definition) is 7. The van der Waals surface area contributed by atoms with Crippen LogP contribution in [0.3, 0.4) is 0 Å². The molecule has 3 atom stereocenters. The summed E-state index contributed by atoms with van der Waals surface area (Å²) in [6.45, 7) is 16.8. The fraction of sp³-hybridized carbons (Fsp3) is 0.909. The molecule has 0 aliphatic heterocycles. The Hall–Kier alpha value is -0.410. The monoisotopic (exact) mass is 556 g/mol. The van der Waals surface area contributed by atoms with Gasteiger partial charge in [-0.3, -0.25) is 9.59 Å². The second-order valence-electron chi connectivity index (χ2n) is 10.9. The molecule has 188 valence electrons. The SMILES string of the molecule is CC(CCOC(=O)CC(C(=O)OCCC(C)CC(C)(C)C)S(=O)(=O)[O-])CC(C)(C)C.[Ag+]. The van der Waals surface area contributed by atoms with Gasteiger partial charge >= 0.3 is 34.3 Å². The van der Waals surface area contributed by atoms with E-state index < -0.39 is 33.7 Å². The van der Waals surface area contributed by atoms with Gasteiger partial charge in [0, 0.05) is 0 Å². The molecule has 0 radical (unpaired) electrons. The predicted molar refractivity (Wildman–Crippen MR) is 116 cm³/mol. The quantitative estimate of drug-likeness (QED) is 0.200. The zero-order valence-electron chi connectivity index (χ0n) is 20.2. The molecule has 0 aromatic rings. The maximum atomic E-state index is 12.1. The van der Waals surface area contributed by atoms with Crippen molar-refractivity contribution in [3.63, 3.8) is 0 Å². The van der Waals surface area contributed by atoms with Crippen LogP contribution in [0.1, 0.15) is 87.5 Å². The fourth-order valence-electron chi connectivity index (χ4n) is 3.64. The number of carbonyl (C=O) groups is 2. The van der Waals surface area contributed by atoms with Gasteiger partial charge in [0.1, 0.15) is 10.1 Å². The molecular formula is C22H41AgO7S. The maximum Gasteiger partial charge on any atom is 1.00 e. The molecule has 9 heteroatoms. The Morgan fingerprint density at radius 1 is 0.839 bits per heavy atom. The predicted octanol–water partition coefficient (Wildman–Crippen LogP) is 4.30. The number of hydrogen-bond donors (Lipinski definition) is 0. The average Bonchev–Trinajstić information content (AvgIpc) is 2.47. The molecule has 0 rings (SSSR count). The standard InChI is InChI=1S/C22H42O7S.Ag/c1-16(14-21(3,4)5)9-11-28-19(23)13-18(30(25,26)27)20(24)29-12-10-17(2)15-22(6,7)8;/h16-18H,9-15H2,1-8H3,(H,25,26,27);/q;+1/p-1. The van der Waals surface area contributed by atoms with Crippen LogP contribution in [-0.2, 0) is 51.6 Å². The molecule has 0 saturated carbocycles. The van der Waals surface area contributed by atoms with E-state index in [1.54, 1.807) is 0 Å². The van der Waals surface area contributed by atoms with Gasteiger partial charge in [0.05, 0.1) is 19.6 Å². The van der Waals surface area contributed by atoms with Crippen LogP contribution < -0.4 is 0 Å². The summed E-state index contributed by atoms with van der Waals surface area (Å²) in [6, 6.07) is 0. The van der Waals surface area contributed by atoms with Gasteiger partial charge in [0.15, 0.2) is 5.25 Å². The van der Waals surface area contributed by atoms with E-state index in [1.807, 2.05) is 13.8 Å². The molecule has 0 amide bonds. The van der Waals surface area contributed by atoms with Gasteiger partial charge in [0.2, 0.25) is 0 Å². The van der Waals surface area contributed by atoms with Crippen molar-refractivity contribution in [3.8, 4) is 0 Å². The van der Waals surface area contributed by atoms with Crippen molar-refractivity contribution in [1.29, 1.82) is 0 Å².